The fourth-order valence-corrected chi connectivity index (χ4v) is 4.93. The van der Waals surface area contributed by atoms with E-state index in [0.717, 1.165) is 0 Å². The summed E-state index contributed by atoms with van der Waals surface area (Å²) >= 11 is 0. The molecule has 0 radical (unpaired) electrons. The average Bonchev–Trinajstić information content (AvgIpc) is 2.97. The number of carbonyl (C=O) groups is 7. The summed E-state index contributed by atoms with van der Waals surface area (Å²) in [6.45, 7) is 24.4. The zero-order valence-corrected chi connectivity index (χ0v) is 33.8. The van der Waals surface area contributed by atoms with Gasteiger partial charge in [-0.05, 0) is 90.9 Å². The fraction of sp³-hybridized carbons (Fsp3) is 0.811. The SMILES string of the molecule is CCOC(=O)[C@H](C)OC(=O)[C@H](CC(C)C)NC(=O)[C@H](CC(C)C)NC(=O)[C@H](C)OC(=O)[C@H](CC(C)C)NC(=O)[C@H](CC(C)C)NC(=O)OC(C)(C)C. The minimum absolute atomic E-state index is 0.0142. The summed E-state index contributed by atoms with van der Waals surface area (Å²) in [5.74, 6) is -4.61. The van der Waals surface area contributed by atoms with E-state index in [0.29, 0.717) is 0 Å². The third-order valence-corrected chi connectivity index (χ3v) is 7.24. The Morgan fingerprint density at radius 3 is 1.19 bits per heavy atom. The van der Waals surface area contributed by atoms with Gasteiger partial charge in [0.1, 0.15) is 29.8 Å². The van der Waals surface area contributed by atoms with Crippen LogP contribution in [0.4, 0.5) is 4.79 Å². The molecule has 0 aromatic carbocycles. The van der Waals surface area contributed by atoms with Crippen molar-refractivity contribution in [3.8, 4) is 0 Å². The van der Waals surface area contributed by atoms with Crippen LogP contribution in [0.1, 0.15) is 123 Å². The van der Waals surface area contributed by atoms with Gasteiger partial charge >= 0.3 is 24.0 Å². The zero-order valence-electron chi connectivity index (χ0n) is 33.8. The van der Waals surface area contributed by atoms with Crippen molar-refractivity contribution in [3.63, 3.8) is 0 Å². The van der Waals surface area contributed by atoms with Gasteiger partial charge < -0.3 is 40.2 Å². The summed E-state index contributed by atoms with van der Waals surface area (Å²) in [4.78, 5) is 91.1. The first kappa shape index (κ1) is 48.1. The molecular formula is C37H66N4O11. The molecule has 4 N–H and O–H groups in total. The Morgan fingerprint density at radius 2 is 0.827 bits per heavy atom. The molecule has 52 heavy (non-hydrogen) atoms. The summed E-state index contributed by atoms with van der Waals surface area (Å²) in [6.07, 6.45) is -2.49. The molecule has 15 nitrogen and oxygen atoms in total. The highest BCUT2D eigenvalue weighted by Gasteiger charge is 2.34. The largest absolute Gasteiger partial charge is 0.463 e. The second-order valence-electron chi connectivity index (χ2n) is 15.8. The number of rotatable bonds is 21. The Labute approximate surface area is 310 Å². The molecule has 4 amide bonds. The van der Waals surface area contributed by atoms with E-state index in [4.69, 9.17) is 18.9 Å². The van der Waals surface area contributed by atoms with E-state index in [1.807, 2.05) is 55.4 Å². The first-order valence-electron chi connectivity index (χ1n) is 18.3. The third-order valence-electron chi connectivity index (χ3n) is 7.24. The van der Waals surface area contributed by atoms with Gasteiger partial charge in [-0.1, -0.05) is 55.4 Å². The van der Waals surface area contributed by atoms with Crippen LogP contribution in [0.2, 0.25) is 0 Å². The first-order chi connectivity index (χ1) is 23.9. The van der Waals surface area contributed by atoms with Crippen LogP contribution in [0.3, 0.4) is 0 Å². The van der Waals surface area contributed by atoms with Crippen molar-refractivity contribution < 1.29 is 52.5 Å². The highest BCUT2D eigenvalue weighted by Crippen LogP contribution is 2.14. The summed E-state index contributed by atoms with van der Waals surface area (Å²) in [5.41, 5.74) is -0.788. The maximum absolute atomic E-state index is 13.5. The Kier molecular flexibility index (Phi) is 21.2. The molecule has 0 fully saturated rings. The molecule has 0 bridgehead atoms. The maximum atomic E-state index is 13.5. The molecule has 300 valence electrons. The number of alkyl carbamates (subject to hydrolysis) is 1. The van der Waals surface area contributed by atoms with Crippen LogP contribution < -0.4 is 21.3 Å². The van der Waals surface area contributed by atoms with E-state index in [1.54, 1.807) is 27.7 Å². The molecule has 15 heteroatoms. The van der Waals surface area contributed by atoms with Crippen molar-refractivity contribution in [2.24, 2.45) is 23.7 Å². The molecule has 0 aromatic rings. The highest BCUT2D eigenvalue weighted by molar-refractivity contribution is 5.94. The van der Waals surface area contributed by atoms with Gasteiger partial charge in [-0.25, -0.2) is 19.2 Å². The van der Waals surface area contributed by atoms with Crippen LogP contribution in [0.15, 0.2) is 0 Å². The molecule has 0 aliphatic heterocycles. The average molecular weight is 743 g/mol. The number of carbonyl (C=O) groups excluding carboxylic acids is 7. The van der Waals surface area contributed by atoms with Crippen molar-refractivity contribution in [1.29, 1.82) is 0 Å². The zero-order chi connectivity index (χ0) is 40.5. The van der Waals surface area contributed by atoms with Crippen molar-refractivity contribution in [2.75, 3.05) is 6.61 Å². The van der Waals surface area contributed by atoms with Gasteiger partial charge in [0.05, 0.1) is 6.61 Å². The third kappa shape index (κ3) is 20.2. The molecule has 0 saturated carbocycles. The summed E-state index contributed by atoms with van der Waals surface area (Å²) in [5, 5.41) is 10.5. The predicted molar refractivity (Wildman–Crippen MR) is 195 cm³/mol. The topological polar surface area (TPSA) is 205 Å². The molecule has 0 unspecified atom stereocenters. The van der Waals surface area contributed by atoms with Gasteiger partial charge in [0.15, 0.2) is 12.2 Å². The number of esters is 3. The van der Waals surface area contributed by atoms with Crippen LogP contribution in [0, 0.1) is 23.7 Å². The van der Waals surface area contributed by atoms with Crippen molar-refractivity contribution >= 4 is 41.7 Å². The highest BCUT2D eigenvalue weighted by atomic mass is 16.6. The number of nitrogens with one attached hydrogen (secondary N) is 4. The van der Waals surface area contributed by atoms with Crippen molar-refractivity contribution in [3.05, 3.63) is 0 Å². The van der Waals surface area contributed by atoms with E-state index in [9.17, 15) is 33.6 Å². The normalized spacial score (nSPS) is 15.1. The van der Waals surface area contributed by atoms with Gasteiger partial charge in [0.2, 0.25) is 11.8 Å². The van der Waals surface area contributed by atoms with Crippen molar-refractivity contribution in [1.82, 2.24) is 21.3 Å². The van der Waals surface area contributed by atoms with Crippen LogP contribution >= 0.6 is 0 Å². The smallest absolute Gasteiger partial charge is 0.408 e. The second-order valence-corrected chi connectivity index (χ2v) is 15.8. The van der Waals surface area contributed by atoms with Gasteiger partial charge in [-0.2, -0.15) is 0 Å². The summed E-state index contributed by atoms with van der Waals surface area (Å²) in [7, 11) is 0. The molecule has 0 saturated heterocycles. The Hall–Kier alpha value is -3.91. The van der Waals surface area contributed by atoms with Gasteiger partial charge in [0, 0.05) is 0 Å². The molecule has 0 aliphatic rings. The molecule has 0 spiro atoms. The van der Waals surface area contributed by atoms with Crippen LogP contribution in [0.5, 0.6) is 0 Å². The second kappa shape index (κ2) is 22.9. The molecule has 6 atom stereocenters. The van der Waals surface area contributed by atoms with Crippen LogP contribution in [-0.4, -0.2) is 90.3 Å². The minimum atomic E-state index is -1.37. The number of amides is 4. The number of hydrogen-bond acceptors (Lipinski definition) is 11. The van der Waals surface area contributed by atoms with Crippen LogP contribution in [0.25, 0.3) is 0 Å². The summed E-state index contributed by atoms with van der Waals surface area (Å²) in [6, 6.07) is -4.37. The van der Waals surface area contributed by atoms with Crippen molar-refractivity contribution in [2.45, 2.75) is 165 Å². The van der Waals surface area contributed by atoms with E-state index >= 15 is 0 Å². The Balaban J connectivity index is 5.89. The van der Waals surface area contributed by atoms with E-state index < -0.39 is 83.7 Å². The van der Waals surface area contributed by atoms with Gasteiger partial charge in [0.25, 0.3) is 5.91 Å². The first-order valence-corrected chi connectivity index (χ1v) is 18.3. The lowest BCUT2D eigenvalue weighted by molar-refractivity contribution is -0.168. The maximum Gasteiger partial charge on any atom is 0.408 e. The lowest BCUT2D eigenvalue weighted by atomic mass is 10.00. The van der Waals surface area contributed by atoms with E-state index in [-0.39, 0.29) is 56.0 Å². The summed E-state index contributed by atoms with van der Waals surface area (Å²) < 4.78 is 21.0. The molecule has 0 aliphatic carbocycles. The van der Waals surface area contributed by atoms with E-state index in [1.165, 1.54) is 13.8 Å². The number of hydrogen-bond donors (Lipinski definition) is 4. The monoisotopic (exact) mass is 742 g/mol. The van der Waals surface area contributed by atoms with Gasteiger partial charge in [-0.3, -0.25) is 14.4 Å². The lowest BCUT2D eigenvalue weighted by Gasteiger charge is -2.27. The molecule has 0 aromatic heterocycles. The van der Waals surface area contributed by atoms with Gasteiger partial charge in [-0.15, -0.1) is 0 Å². The standard InChI is InChI=1S/C37H66N4O11/c1-15-49-33(45)25(11)51-35(47)29(19-23(8)9)39-31(43)26(16-20(2)3)38-30(42)24(10)50-34(46)28(18-22(6)7)40-32(44)27(17-21(4)5)41-36(48)52-37(12,13)14/h20-29H,15-19H2,1-14H3,(H,38,42)(H,39,43)(H,40,44)(H,41,48)/t24-,25-,26-,27-,28-,29-/m0/s1. The fourth-order valence-electron chi connectivity index (χ4n) is 4.93. The lowest BCUT2D eigenvalue weighted by Crippen LogP contribution is -2.55. The predicted octanol–water partition coefficient (Wildman–Crippen LogP) is 3.95. The minimum Gasteiger partial charge on any atom is -0.463 e. The number of ether oxygens (including phenoxy) is 4. The quantitative estimate of drug-likeness (QED) is 0.0979. The molecular weight excluding hydrogens is 676 g/mol. The molecule has 0 heterocycles. The molecule has 0 rings (SSSR count). The Bertz CT molecular complexity index is 1200. The Morgan fingerprint density at radius 1 is 0.481 bits per heavy atom. The van der Waals surface area contributed by atoms with Crippen LogP contribution in [-0.2, 0) is 47.7 Å². The van der Waals surface area contributed by atoms with E-state index in [2.05, 4.69) is 21.3 Å².